The van der Waals surface area contributed by atoms with Crippen molar-refractivity contribution in [2.24, 2.45) is 4.99 Å². The molecule has 0 aromatic carbocycles. The van der Waals surface area contributed by atoms with E-state index in [0.717, 1.165) is 51.4 Å². The summed E-state index contributed by atoms with van der Waals surface area (Å²) in [7, 11) is 1.83. The topological polar surface area (TPSA) is 69.2 Å². The molecule has 2 N–H and O–H groups in total. The average Bonchev–Trinajstić information content (AvgIpc) is 3.31. The van der Waals surface area contributed by atoms with Crippen molar-refractivity contribution in [2.45, 2.75) is 71.1 Å². The van der Waals surface area contributed by atoms with E-state index in [1.54, 1.807) is 0 Å². The van der Waals surface area contributed by atoms with Crippen molar-refractivity contribution in [3.8, 4) is 0 Å². The Kier molecular flexibility index (Phi) is 7.75. The van der Waals surface area contributed by atoms with Gasteiger partial charge in [0.1, 0.15) is 5.60 Å². The molecule has 1 amide bonds. The van der Waals surface area contributed by atoms with Gasteiger partial charge in [0.2, 0.25) is 0 Å². The lowest BCUT2D eigenvalue weighted by atomic mass is 9.93. The van der Waals surface area contributed by atoms with Gasteiger partial charge in [-0.15, -0.1) is 0 Å². The summed E-state index contributed by atoms with van der Waals surface area (Å²) in [4.78, 5) is 21.7. The summed E-state index contributed by atoms with van der Waals surface area (Å²) in [5, 5.41) is 6.60. The minimum Gasteiger partial charge on any atom is -0.444 e. The summed E-state index contributed by atoms with van der Waals surface area (Å²) in [5.41, 5.74) is -0.869. The lowest BCUT2D eigenvalue weighted by Gasteiger charge is -2.35. The smallest absolute Gasteiger partial charge is 0.408 e. The molecule has 0 aromatic heterocycles. The molecule has 2 heterocycles. The molecular formula is C21H39N5O2. The summed E-state index contributed by atoms with van der Waals surface area (Å²) in [6.07, 6.45) is 6.91. The van der Waals surface area contributed by atoms with Crippen LogP contribution in [0, 0.1) is 0 Å². The fraction of sp³-hybridized carbons (Fsp3) is 0.810. The van der Waals surface area contributed by atoms with Crippen molar-refractivity contribution in [1.29, 1.82) is 0 Å². The predicted molar refractivity (Wildman–Crippen MR) is 115 cm³/mol. The SMILES string of the molecule is CCC(CC)(CNC(=NC)N1CCC(N2CC=CC2)C1)NC(=O)OC(C)(C)C. The van der Waals surface area contributed by atoms with Crippen LogP contribution in [0.5, 0.6) is 0 Å². The molecule has 0 saturated carbocycles. The number of carbonyl (C=O) groups excluding carboxylic acids is 1. The summed E-state index contributed by atoms with van der Waals surface area (Å²) >= 11 is 0. The van der Waals surface area contributed by atoms with Gasteiger partial charge in [0.15, 0.2) is 5.96 Å². The van der Waals surface area contributed by atoms with E-state index in [2.05, 4.69) is 51.4 Å². The van der Waals surface area contributed by atoms with Crippen LogP contribution in [0.25, 0.3) is 0 Å². The van der Waals surface area contributed by atoms with Crippen molar-refractivity contribution < 1.29 is 9.53 Å². The molecule has 2 aliphatic heterocycles. The van der Waals surface area contributed by atoms with Crippen molar-refractivity contribution in [3.63, 3.8) is 0 Å². The van der Waals surface area contributed by atoms with Gasteiger partial charge in [-0.05, 0) is 40.0 Å². The molecule has 0 aromatic rings. The van der Waals surface area contributed by atoms with E-state index >= 15 is 0 Å². The van der Waals surface area contributed by atoms with Crippen LogP contribution in [0.2, 0.25) is 0 Å². The molecule has 0 spiro atoms. The van der Waals surface area contributed by atoms with Gasteiger partial charge in [-0.1, -0.05) is 26.0 Å². The number of ether oxygens (including phenoxy) is 1. The van der Waals surface area contributed by atoms with Crippen LogP contribution in [-0.2, 0) is 4.74 Å². The molecule has 7 heteroatoms. The third-order valence-corrected chi connectivity index (χ3v) is 5.74. The van der Waals surface area contributed by atoms with Gasteiger partial charge in [0.05, 0.1) is 5.54 Å². The highest BCUT2D eigenvalue weighted by Gasteiger charge is 2.33. The Hall–Kier alpha value is -1.76. The number of alkyl carbamates (subject to hydrolysis) is 1. The van der Waals surface area contributed by atoms with Crippen LogP contribution < -0.4 is 10.6 Å². The van der Waals surface area contributed by atoms with Crippen LogP contribution in [0.3, 0.4) is 0 Å². The van der Waals surface area contributed by atoms with E-state index in [1.807, 2.05) is 27.8 Å². The van der Waals surface area contributed by atoms with Crippen molar-refractivity contribution >= 4 is 12.1 Å². The maximum atomic E-state index is 12.3. The third-order valence-electron chi connectivity index (χ3n) is 5.74. The minimum absolute atomic E-state index is 0.365. The van der Waals surface area contributed by atoms with E-state index in [1.165, 1.54) is 0 Å². The summed E-state index contributed by atoms with van der Waals surface area (Å²) in [6, 6.07) is 0.579. The Labute approximate surface area is 170 Å². The average molecular weight is 394 g/mol. The molecule has 1 saturated heterocycles. The Morgan fingerprint density at radius 2 is 1.86 bits per heavy atom. The second-order valence-corrected chi connectivity index (χ2v) is 8.83. The number of nitrogens with zero attached hydrogens (tertiary/aromatic N) is 3. The molecule has 2 aliphatic rings. The van der Waals surface area contributed by atoms with Crippen LogP contribution in [0.4, 0.5) is 4.79 Å². The maximum absolute atomic E-state index is 12.3. The fourth-order valence-electron chi connectivity index (χ4n) is 3.85. The highest BCUT2D eigenvalue weighted by molar-refractivity contribution is 5.80. The standard InChI is InChI=1S/C21H39N5O2/c1-7-21(8-2,24-19(27)28-20(3,4)5)16-23-18(22-6)26-14-11-17(15-26)25-12-9-10-13-25/h9-10,17H,7-8,11-16H2,1-6H3,(H,22,23)(H,24,27). The first-order chi connectivity index (χ1) is 13.2. The lowest BCUT2D eigenvalue weighted by molar-refractivity contribution is 0.0448. The summed E-state index contributed by atoms with van der Waals surface area (Å²) < 4.78 is 5.47. The molecule has 0 aliphatic carbocycles. The molecule has 160 valence electrons. The number of aliphatic imine (C=N–C) groups is 1. The predicted octanol–water partition coefficient (Wildman–Crippen LogP) is 2.59. The molecule has 2 rings (SSSR count). The number of amides is 1. The number of likely N-dealkylation sites (tertiary alicyclic amines) is 1. The highest BCUT2D eigenvalue weighted by Crippen LogP contribution is 2.19. The van der Waals surface area contributed by atoms with Gasteiger partial charge >= 0.3 is 6.09 Å². The third kappa shape index (κ3) is 6.12. The molecule has 0 bridgehead atoms. The minimum atomic E-state index is -0.504. The van der Waals surface area contributed by atoms with Gasteiger partial charge in [0.25, 0.3) is 0 Å². The number of carbonyl (C=O) groups is 1. The van der Waals surface area contributed by atoms with Crippen LogP contribution in [0.15, 0.2) is 17.1 Å². The molecule has 0 radical (unpaired) electrons. The maximum Gasteiger partial charge on any atom is 0.408 e. The zero-order chi connectivity index (χ0) is 20.8. The Morgan fingerprint density at radius 3 is 2.39 bits per heavy atom. The largest absolute Gasteiger partial charge is 0.444 e. The highest BCUT2D eigenvalue weighted by atomic mass is 16.6. The fourth-order valence-corrected chi connectivity index (χ4v) is 3.85. The monoisotopic (exact) mass is 393 g/mol. The van der Waals surface area contributed by atoms with Crippen LogP contribution >= 0.6 is 0 Å². The number of hydrogen-bond donors (Lipinski definition) is 2. The van der Waals surface area contributed by atoms with E-state index in [0.29, 0.717) is 12.6 Å². The lowest BCUT2D eigenvalue weighted by Crippen LogP contribution is -2.57. The first-order valence-corrected chi connectivity index (χ1v) is 10.6. The number of guanidine groups is 1. The second-order valence-electron chi connectivity index (χ2n) is 8.83. The molecular weight excluding hydrogens is 354 g/mol. The zero-order valence-electron chi connectivity index (χ0n) is 18.5. The molecule has 1 unspecified atom stereocenters. The van der Waals surface area contributed by atoms with Crippen molar-refractivity contribution in [1.82, 2.24) is 20.4 Å². The molecule has 1 atom stereocenters. The Morgan fingerprint density at radius 1 is 1.21 bits per heavy atom. The van der Waals surface area contributed by atoms with Gasteiger partial charge < -0.3 is 20.3 Å². The molecule has 28 heavy (non-hydrogen) atoms. The van der Waals surface area contributed by atoms with E-state index in [-0.39, 0.29) is 11.6 Å². The van der Waals surface area contributed by atoms with Gasteiger partial charge in [-0.25, -0.2) is 4.79 Å². The zero-order valence-corrected chi connectivity index (χ0v) is 18.5. The number of rotatable bonds is 6. The Bertz CT molecular complexity index is 570. The normalized spacial score (nSPS) is 21.3. The second kappa shape index (κ2) is 9.63. The summed E-state index contributed by atoms with van der Waals surface area (Å²) in [5.74, 6) is 0.909. The van der Waals surface area contributed by atoms with Crippen molar-refractivity contribution in [3.05, 3.63) is 12.2 Å². The van der Waals surface area contributed by atoms with E-state index in [4.69, 9.17) is 4.74 Å². The van der Waals surface area contributed by atoms with Crippen molar-refractivity contribution in [2.75, 3.05) is 39.8 Å². The van der Waals surface area contributed by atoms with Gasteiger partial charge in [-0.3, -0.25) is 9.89 Å². The number of hydrogen-bond acceptors (Lipinski definition) is 4. The Balaban J connectivity index is 1.92. The first-order valence-electron chi connectivity index (χ1n) is 10.6. The quantitative estimate of drug-likeness (QED) is 0.412. The van der Waals surface area contributed by atoms with Gasteiger partial charge in [0, 0.05) is 45.8 Å². The number of nitrogens with one attached hydrogen (secondary N) is 2. The molecule has 7 nitrogen and oxygen atoms in total. The van der Waals surface area contributed by atoms with Crippen LogP contribution in [0.1, 0.15) is 53.9 Å². The van der Waals surface area contributed by atoms with E-state index < -0.39 is 5.60 Å². The van der Waals surface area contributed by atoms with Gasteiger partial charge in [-0.2, -0.15) is 0 Å². The first kappa shape index (κ1) is 22.5. The van der Waals surface area contributed by atoms with E-state index in [9.17, 15) is 4.79 Å². The molecule has 1 fully saturated rings. The summed E-state index contributed by atoms with van der Waals surface area (Å²) in [6.45, 7) is 14.6. The van der Waals surface area contributed by atoms with Crippen LogP contribution in [-0.4, -0.2) is 78.8 Å².